The van der Waals surface area contributed by atoms with Crippen LogP contribution in [0.15, 0.2) is 48.7 Å². The van der Waals surface area contributed by atoms with Crippen LogP contribution in [0.4, 0.5) is 5.69 Å². The quantitative estimate of drug-likeness (QED) is 0.670. The number of benzene rings is 2. The number of hydrogen-bond acceptors (Lipinski definition) is 3. The number of hydrogen-bond donors (Lipinski definition) is 1. The average Bonchev–Trinajstić information content (AvgIpc) is 3.12. The smallest absolute Gasteiger partial charge is 0.262 e. The van der Waals surface area contributed by atoms with Crippen molar-refractivity contribution in [2.75, 3.05) is 11.9 Å². The van der Waals surface area contributed by atoms with Crippen molar-refractivity contribution in [2.45, 2.75) is 32.7 Å². The zero-order valence-corrected chi connectivity index (χ0v) is 16.5. The molecule has 1 aliphatic rings. The second-order valence-corrected chi connectivity index (χ2v) is 7.44. The molecular weight excluding hydrogens is 374 g/mol. The fourth-order valence-electron chi connectivity index (χ4n) is 3.48. The average molecular weight is 396 g/mol. The lowest BCUT2D eigenvalue weighted by atomic mass is 10.1. The van der Waals surface area contributed by atoms with Gasteiger partial charge in [-0.05, 0) is 74.2 Å². The van der Waals surface area contributed by atoms with Gasteiger partial charge in [0.15, 0.2) is 6.61 Å². The van der Waals surface area contributed by atoms with Crippen LogP contribution in [0.1, 0.15) is 24.1 Å². The van der Waals surface area contributed by atoms with Crippen LogP contribution in [0.2, 0.25) is 5.02 Å². The first-order chi connectivity index (χ1) is 13.6. The van der Waals surface area contributed by atoms with Gasteiger partial charge in [-0.1, -0.05) is 11.6 Å². The van der Waals surface area contributed by atoms with Gasteiger partial charge in [0.05, 0.1) is 0 Å². The van der Waals surface area contributed by atoms with E-state index in [4.69, 9.17) is 16.3 Å². The summed E-state index contributed by atoms with van der Waals surface area (Å²) in [5, 5.41) is 3.51. The summed E-state index contributed by atoms with van der Waals surface area (Å²) < 4.78 is 7.88. The van der Waals surface area contributed by atoms with Crippen LogP contribution in [0.25, 0.3) is 11.4 Å². The molecule has 2 heterocycles. The third-order valence-corrected chi connectivity index (χ3v) is 5.16. The Labute approximate surface area is 169 Å². The van der Waals surface area contributed by atoms with Gasteiger partial charge in [0, 0.05) is 34.7 Å². The fourth-order valence-corrected chi connectivity index (χ4v) is 3.71. The van der Waals surface area contributed by atoms with Crippen LogP contribution >= 0.6 is 11.6 Å². The molecule has 0 fully saturated rings. The fraction of sp³-hybridized carbons (Fsp3) is 0.273. The Morgan fingerprint density at radius 2 is 2.04 bits per heavy atom. The van der Waals surface area contributed by atoms with Gasteiger partial charge in [-0.2, -0.15) is 0 Å². The number of halogens is 1. The first-order valence-corrected chi connectivity index (χ1v) is 9.81. The molecule has 0 bridgehead atoms. The molecule has 1 N–H and O–H groups in total. The number of anilines is 1. The maximum absolute atomic E-state index is 12.2. The summed E-state index contributed by atoms with van der Waals surface area (Å²) in [6, 6.07) is 13.1. The highest BCUT2D eigenvalue weighted by molar-refractivity contribution is 6.30. The van der Waals surface area contributed by atoms with E-state index in [0.717, 1.165) is 35.6 Å². The monoisotopic (exact) mass is 395 g/mol. The second-order valence-electron chi connectivity index (χ2n) is 7.01. The highest BCUT2D eigenvalue weighted by Crippen LogP contribution is 2.26. The topological polar surface area (TPSA) is 56.1 Å². The first kappa shape index (κ1) is 18.6. The van der Waals surface area contributed by atoms with E-state index >= 15 is 0 Å². The third-order valence-electron chi connectivity index (χ3n) is 4.93. The molecule has 0 saturated heterocycles. The van der Waals surface area contributed by atoms with E-state index in [0.29, 0.717) is 10.8 Å². The Morgan fingerprint density at radius 3 is 2.82 bits per heavy atom. The Balaban J connectivity index is 1.38. The van der Waals surface area contributed by atoms with Gasteiger partial charge in [0.1, 0.15) is 11.6 Å². The van der Waals surface area contributed by atoms with Crippen LogP contribution in [0.5, 0.6) is 5.75 Å². The van der Waals surface area contributed by atoms with Crippen molar-refractivity contribution in [3.05, 3.63) is 64.9 Å². The molecule has 144 valence electrons. The van der Waals surface area contributed by atoms with E-state index in [1.54, 1.807) is 12.1 Å². The molecule has 2 aromatic carbocycles. The number of ether oxygens (including phenoxy) is 1. The lowest BCUT2D eigenvalue weighted by molar-refractivity contribution is -0.118. The predicted octanol–water partition coefficient (Wildman–Crippen LogP) is 4.87. The van der Waals surface area contributed by atoms with E-state index in [9.17, 15) is 4.79 Å². The molecular formula is C22H22ClN3O2. The van der Waals surface area contributed by atoms with E-state index in [-0.39, 0.29) is 12.5 Å². The van der Waals surface area contributed by atoms with Gasteiger partial charge in [-0.3, -0.25) is 4.79 Å². The summed E-state index contributed by atoms with van der Waals surface area (Å²) in [7, 11) is 0. The predicted molar refractivity (Wildman–Crippen MR) is 111 cm³/mol. The molecule has 0 radical (unpaired) electrons. The van der Waals surface area contributed by atoms with Crippen molar-refractivity contribution in [1.29, 1.82) is 0 Å². The summed E-state index contributed by atoms with van der Waals surface area (Å²) in [5.41, 5.74) is 3.98. The normalized spacial score (nSPS) is 13.1. The largest absolute Gasteiger partial charge is 0.483 e. The molecule has 0 saturated carbocycles. The molecule has 0 atom stereocenters. The lowest BCUT2D eigenvalue weighted by Gasteiger charge is -2.16. The van der Waals surface area contributed by atoms with Gasteiger partial charge in [0.25, 0.3) is 5.91 Å². The summed E-state index contributed by atoms with van der Waals surface area (Å²) in [6.07, 6.45) is 5.49. The van der Waals surface area contributed by atoms with E-state index in [1.807, 2.05) is 43.5 Å². The maximum Gasteiger partial charge on any atom is 0.262 e. The van der Waals surface area contributed by atoms with E-state index < -0.39 is 0 Å². The molecule has 3 aromatic rings. The molecule has 0 spiro atoms. The van der Waals surface area contributed by atoms with Gasteiger partial charge in [-0.15, -0.1) is 0 Å². The van der Waals surface area contributed by atoms with E-state index in [2.05, 4.69) is 14.9 Å². The van der Waals surface area contributed by atoms with Crippen molar-refractivity contribution < 1.29 is 9.53 Å². The Hall–Kier alpha value is -2.79. The van der Waals surface area contributed by atoms with E-state index in [1.165, 1.54) is 18.5 Å². The first-order valence-electron chi connectivity index (χ1n) is 9.44. The SMILES string of the molecule is Cc1cc(Cl)ccc1OCC(=O)Nc1ccc(-c2ncc3n2CCCC3)cc1. The maximum atomic E-state index is 12.2. The summed E-state index contributed by atoms with van der Waals surface area (Å²) in [6.45, 7) is 2.86. The van der Waals surface area contributed by atoms with Gasteiger partial charge in [-0.25, -0.2) is 4.98 Å². The molecule has 28 heavy (non-hydrogen) atoms. The number of rotatable bonds is 5. The van der Waals surface area contributed by atoms with Crippen molar-refractivity contribution in [2.24, 2.45) is 0 Å². The lowest BCUT2D eigenvalue weighted by Crippen LogP contribution is -2.20. The zero-order valence-electron chi connectivity index (χ0n) is 15.7. The minimum absolute atomic E-state index is 0.0575. The van der Waals surface area contributed by atoms with Crippen LogP contribution in [-0.2, 0) is 17.8 Å². The van der Waals surface area contributed by atoms with Crippen molar-refractivity contribution in [1.82, 2.24) is 9.55 Å². The summed E-state index contributed by atoms with van der Waals surface area (Å²) >= 11 is 5.94. The van der Waals surface area contributed by atoms with Gasteiger partial charge < -0.3 is 14.6 Å². The number of aryl methyl sites for hydroxylation is 2. The minimum Gasteiger partial charge on any atom is -0.483 e. The summed E-state index contributed by atoms with van der Waals surface area (Å²) in [5.74, 6) is 1.44. The molecule has 1 amide bonds. The number of fused-ring (bicyclic) bond motifs is 1. The van der Waals surface area contributed by atoms with Crippen LogP contribution in [0, 0.1) is 6.92 Å². The third kappa shape index (κ3) is 4.04. The standard InChI is InChI=1S/C22H22ClN3O2/c1-15-12-17(23)7-10-20(15)28-14-21(27)25-18-8-5-16(6-9-18)22-24-13-19-4-2-3-11-26(19)22/h5-10,12-13H,2-4,11,14H2,1H3,(H,25,27). The van der Waals surface area contributed by atoms with Crippen molar-refractivity contribution >= 4 is 23.2 Å². The highest BCUT2D eigenvalue weighted by atomic mass is 35.5. The van der Waals surface area contributed by atoms with Crippen LogP contribution in [0.3, 0.4) is 0 Å². The van der Waals surface area contributed by atoms with Crippen molar-refractivity contribution in [3.63, 3.8) is 0 Å². The molecule has 4 rings (SSSR count). The van der Waals surface area contributed by atoms with Crippen LogP contribution < -0.4 is 10.1 Å². The Kier molecular flexibility index (Phi) is 5.35. The van der Waals surface area contributed by atoms with Gasteiger partial charge >= 0.3 is 0 Å². The number of aromatic nitrogens is 2. The number of carbonyl (C=O) groups excluding carboxylic acids is 1. The second kappa shape index (κ2) is 8.07. The van der Waals surface area contributed by atoms with Crippen molar-refractivity contribution in [3.8, 4) is 17.1 Å². The number of nitrogens with one attached hydrogen (secondary N) is 1. The van der Waals surface area contributed by atoms with Gasteiger partial charge in [0.2, 0.25) is 0 Å². The zero-order chi connectivity index (χ0) is 19.5. The number of carbonyl (C=O) groups is 1. The van der Waals surface area contributed by atoms with Crippen LogP contribution in [-0.4, -0.2) is 22.1 Å². The number of nitrogens with zero attached hydrogens (tertiary/aromatic N) is 2. The molecule has 0 unspecified atom stereocenters. The Morgan fingerprint density at radius 1 is 1.21 bits per heavy atom. The molecule has 1 aromatic heterocycles. The number of amides is 1. The molecule has 5 nitrogen and oxygen atoms in total. The molecule has 0 aliphatic carbocycles. The number of imidazole rings is 1. The highest BCUT2D eigenvalue weighted by Gasteiger charge is 2.15. The minimum atomic E-state index is -0.208. The molecule has 6 heteroatoms. The molecule has 1 aliphatic heterocycles. The Bertz CT molecular complexity index is 996. The summed E-state index contributed by atoms with van der Waals surface area (Å²) in [4.78, 5) is 16.8.